The van der Waals surface area contributed by atoms with Crippen LogP contribution in [0, 0.1) is 10.1 Å². The summed E-state index contributed by atoms with van der Waals surface area (Å²) in [6.45, 7) is 0. The summed E-state index contributed by atoms with van der Waals surface area (Å²) in [7, 11) is 1.50. The third-order valence-corrected chi connectivity index (χ3v) is 3.84. The molecule has 2 aromatic rings. The largest absolute Gasteiger partial charge is 0.497 e. The fourth-order valence-corrected chi connectivity index (χ4v) is 2.59. The Balaban J connectivity index is 2.35. The molecule has 0 spiro atoms. The maximum atomic E-state index is 12.6. The molecule has 22 heavy (non-hydrogen) atoms. The molecule has 0 bridgehead atoms. The zero-order chi connectivity index (χ0) is 16.3. The maximum absolute atomic E-state index is 12.6. The van der Waals surface area contributed by atoms with Crippen LogP contribution >= 0.6 is 11.8 Å². The number of nitrogens with zero attached hydrogens (tertiary/aromatic N) is 1. The highest BCUT2D eigenvalue weighted by atomic mass is 32.2. The van der Waals surface area contributed by atoms with Crippen molar-refractivity contribution >= 4 is 17.4 Å². The molecule has 0 aliphatic heterocycles. The Morgan fingerprint density at radius 1 is 1.14 bits per heavy atom. The first-order valence-electron chi connectivity index (χ1n) is 5.99. The first-order chi connectivity index (χ1) is 10.3. The molecule has 0 aliphatic carbocycles. The van der Waals surface area contributed by atoms with Gasteiger partial charge in [0.2, 0.25) is 0 Å². The zero-order valence-electron chi connectivity index (χ0n) is 11.3. The summed E-state index contributed by atoms with van der Waals surface area (Å²) in [6, 6.07) is 9.16. The number of hydrogen-bond acceptors (Lipinski definition) is 4. The Morgan fingerprint density at radius 2 is 1.77 bits per heavy atom. The monoisotopic (exact) mass is 329 g/mol. The lowest BCUT2D eigenvalue weighted by atomic mass is 10.2. The van der Waals surface area contributed by atoms with Crippen molar-refractivity contribution in [1.29, 1.82) is 0 Å². The van der Waals surface area contributed by atoms with Crippen molar-refractivity contribution in [1.82, 2.24) is 0 Å². The molecule has 116 valence electrons. The first-order valence-corrected chi connectivity index (χ1v) is 6.80. The Bertz CT molecular complexity index is 687. The minimum Gasteiger partial charge on any atom is -0.497 e. The third kappa shape index (κ3) is 3.70. The fraction of sp³-hybridized carbons (Fsp3) is 0.143. The standard InChI is InChI=1S/C14H10F3NO3S/c1-21-10-3-5-11(6-4-10)22-13-7-2-9(14(15,16)17)8-12(13)18(19)20/h2-8H,1H3. The van der Waals surface area contributed by atoms with Crippen LogP contribution in [0.4, 0.5) is 18.9 Å². The number of alkyl halides is 3. The molecule has 0 fully saturated rings. The quantitative estimate of drug-likeness (QED) is 0.599. The van der Waals surface area contributed by atoms with E-state index in [-0.39, 0.29) is 4.90 Å². The third-order valence-electron chi connectivity index (χ3n) is 2.77. The number of halogens is 3. The number of benzene rings is 2. The predicted octanol–water partition coefficient (Wildman–Crippen LogP) is 4.77. The molecule has 0 aromatic heterocycles. The van der Waals surface area contributed by atoms with Crippen LogP contribution in [-0.4, -0.2) is 12.0 Å². The smallest absolute Gasteiger partial charge is 0.416 e. The van der Waals surface area contributed by atoms with Gasteiger partial charge in [0.15, 0.2) is 0 Å². The van der Waals surface area contributed by atoms with Crippen molar-refractivity contribution in [3.05, 3.63) is 58.1 Å². The van der Waals surface area contributed by atoms with Crippen LogP contribution in [0.1, 0.15) is 5.56 Å². The van der Waals surface area contributed by atoms with Crippen molar-refractivity contribution < 1.29 is 22.8 Å². The number of nitro benzene ring substituents is 1. The molecule has 0 N–H and O–H groups in total. The number of nitro groups is 1. The number of rotatable bonds is 4. The number of hydrogen-bond donors (Lipinski definition) is 0. The average Bonchev–Trinajstić information content (AvgIpc) is 2.47. The predicted molar refractivity (Wildman–Crippen MR) is 75.2 cm³/mol. The van der Waals surface area contributed by atoms with E-state index in [4.69, 9.17) is 4.74 Å². The van der Waals surface area contributed by atoms with Crippen molar-refractivity contribution in [3.8, 4) is 5.75 Å². The van der Waals surface area contributed by atoms with Crippen LogP contribution in [0.2, 0.25) is 0 Å². The minimum absolute atomic E-state index is 0.142. The Morgan fingerprint density at radius 3 is 2.27 bits per heavy atom. The van der Waals surface area contributed by atoms with Crippen molar-refractivity contribution in [2.45, 2.75) is 16.0 Å². The molecule has 0 saturated heterocycles. The van der Waals surface area contributed by atoms with Crippen LogP contribution in [0.3, 0.4) is 0 Å². The normalized spacial score (nSPS) is 11.3. The highest BCUT2D eigenvalue weighted by Gasteiger charge is 2.33. The fourth-order valence-electron chi connectivity index (χ4n) is 1.69. The minimum atomic E-state index is -4.62. The molecule has 0 amide bonds. The Labute approximate surface area is 128 Å². The van der Waals surface area contributed by atoms with E-state index < -0.39 is 22.4 Å². The van der Waals surface area contributed by atoms with E-state index in [1.54, 1.807) is 24.3 Å². The van der Waals surface area contributed by atoms with Gasteiger partial charge in [0, 0.05) is 11.0 Å². The number of ether oxygens (including phenoxy) is 1. The van der Waals surface area contributed by atoms with Gasteiger partial charge in [0.05, 0.1) is 22.5 Å². The van der Waals surface area contributed by atoms with Crippen LogP contribution in [0.25, 0.3) is 0 Å². The second-order valence-corrected chi connectivity index (χ2v) is 5.33. The topological polar surface area (TPSA) is 52.4 Å². The van der Waals surface area contributed by atoms with Crippen molar-refractivity contribution in [2.75, 3.05) is 7.11 Å². The molecule has 0 unspecified atom stereocenters. The van der Waals surface area contributed by atoms with E-state index in [0.29, 0.717) is 16.7 Å². The van der Waals surface area contributed by atoms with Crippen molar-refractivity contribution in [3.63, 3.8) is 0 Å². The molecule has 2 aromatic carbocycles. The lowest BCUT2D eigenvalue weighted by molar-refractivity contribution is -0.388. The van der Waals surface area contributed by atoms with Gasteiger partial charge in [-0.1, -0.05) is 11.8 Å². The average molecular weight is 329 g/mol. The summed E-state index contributed by atoms with van der Waals surface area (Å²) in [4.78, 5) is 11.0. The molecule has 0 atom stereocenters. The van der Waals surface area contributed by atoms with Crippen LogP contribution < -0.4 is 4.74 Å². The summed E-state index contributed by atoms with van der Waals surface area (Å²) in [6.07, 6.45) is -4.62. The highest BCUT2D eigenvalue weighted by molar-refractivity contribution is 7.99. The maximum Gasteiger partial charge on any atom is 0.416 e. The van der Waals surface area contributed by atoms with Gasteiger partial charge in [0.25, 0.3) is 5.69 Å². The van der Waals surface area contributed by atoms with Gasteiger partial charge in [-0.15, -0.1) is 0 Å². The molecule has 0 heterocycles. The SMILES string of the molecule is COc1ccc(Sc2ccc(C(F)(F)F)cc2[N+](=O)[O-])cc1. The van der Waals surface area contributed by atoms with Gasteiger partial charge < -0.3 is 4.74 Å². The van der Waals surface area contributed by atoms with Gasteiger partial charge >= 0.3 is 6.18 Å². The van der Waals surface area contributed by atoms with Crippen molar-refractivity contribution in [2.24, 2.45) is 0 Å². The Kier molecular flexibility index (Phi) is 4.60. The molecular formula is C14H10F3NO3S. The lowest BCUT2D eigenvalue weighted by Gasteiger charge is -2.09. The Hall–Kier alpha value is -2.22. The summed E-state index contributed by atoms with van der Waals surface area (Å²) in [5.41, 5.74) is -1.62. The van der Waals surface area contributed by atoms with E-state index in [2.05, 4.69) is 0 Å². The molecule has 4 nitrogen and oxygen atoms in total. The zero-order valence-corrected chi connectivity index (χ0v) is 12.1. The molecule has 0 radical (unpaired) electrons. The van der Waals surface area contributed by atoms with Gasteiger partial charge in [-0.3, -0.25) is 10.1 Å². The molecular weight excluding hydrogens is 319 g/mol. The van der Waals surface area contributed by atoms with E-state index in [1.807, 2.05) is 0 Å². The van der Waals surface area contributed by atoms with Gasteiger partial charge in [-0.05, 0) is 36.4 Å². The van der Waals surface area contributed by atoms with E-state index in [0.717, 1.165) is 23.9 Å². The lowest BCUT2D eigenvalue weighted by Crippen LogP contribution is -2.05. The molecule has 8 heteroatoms. The van der Waals surface area contributed by atoms with Crippen LogP contribution in [0.15, 0.2) is 52.3 Å². The van der Waals surface area contributed by atoms with E-state index in [9.17, 15) is 23.3 Å². The highest BCUT2D eigenvalue weighted by Crippen LogP contribution is 2.39. The van der Waals surface area contributed by atoms with Gasteiger partial charge in [-0.2, -0.15) is 13.2 Å². The molecule has 0 saturated carbocycles. The second kappa shape index (κ2) is 6.27. The molecule has 2 rings (SSSR count). The van der Waals surface area contributed by atoms with E-state index >= 15 is 0 Å². The number of methoxy groups -OCH3 is 1. The summed E-state index contributed by atoms with van der Waals surface area (Å²) < 4.78 is 42.9. The van der Waals surface area contributed by atoms with Crippen LogP contribution in [0.5, 0.6) is 5.75 Å². The summed E-state index contributed by atoms with van der Waals surface area (Å²) in [5.74, 6) is 0.617. The first kappa shape index (κ1) is 16.2. The summed E-state index contributed by atoms with van der Waals surface area (Å²) in [5, 5.41) is 11.0. The van der Waals surface area contributed by atoms with Crippen LogP contribution in [-0.2, 0) is 6.18 Å². The van der Waals surface area contributed by atoms with Gasteiger partial charge in [-0.25, -0.2) is 0 Å². The summed E-state index contributed by atoms with van der Waals surface area (Å²) >= 11 is 1.02. The second-order valence-electron chi connectivity index (χ2n) is 4.21. The van der Waals surface area contributed by atoms with Gasteiger partial charge in [0.1, 0.15) is 5.75 Å². The van der Waals surface area contributed by atoms with E-state index in [1.165, 1.54) is 7.11 Å². The molecule has 0 aliphatic rings.